The minimum Gasteiger partial charge on any atom is -0.465 e. The van der Waals surface area contributed by atoms with Crippen molar-refractivity contribution in [2.24, 2.45) is 0 Å². The topological polar surface area (TPSA) is 70.1 Å². The summed E-state index contributed by atoms with van der Waals surface area (Å²) >= 11 is 0. The Kier molecular flexibility index (Phi) is 4.45. The summed E-state index contributed by atoms with van der Waals surface area (Å²) in [7, 11) is 0. The summed E-state index contributed by atoms with van der Waals surface area (Å²) < 4.78 is 4.93. The number of hydrogen-bond acceptors (Lipinski definition) is 4. The fourth-order valence-corrected chi connectivity index (χ4v) is 2.18. The van der Waals surface area contributed by atoms with E-state index >= 15 is 0 Å². The molecule has 1 heterocycles. The third-order valence-corrected chi connectivity index (χ3v) is 3.29. The fourth-order valence-electron chi connectivity index (χ4n) is 2.18. The zero-order valence-corrected chi connectivity index (χ0v) is 11.4. The van der Waals surface area contributed by atoms with Crippen molar-refractivity contribution in [1.29, 1.82) is 0 Å². The van der Waals surface area contributed by atoms with Crippen LogP contribution in [0.1, 0.15) is 17.3 Å². The van der Waals surface area contributed by atoms with Crippen molar-refractivity contribution in [3.8, 4) is 0 Å². The van der Waals surface area contributed by atoms with Crippen LogP contribution in [-0.2, 0) is 4.74 Å². The predicted octanol–water partition coefficient (Wildman–Crippen LogP) is 1.66. The van der Waals surface area contributed by atoms with E-state index in [1.807, 2.05) is 12.1 Å². The number of anilines is 1. The third kappa shape index (κ3) is 3.20. The third-order valence-electron chi connectivity index (χ3n) is 3.29. The van der Waals surface area contributed by atoms with Gasteiger partial charge < -0.3 is 19.6 Å². The number of benzene rings is 1. The van der Waals surface area contributed by atoms with Gasteiger partial charge in [0.05, 0.1) is 12.2 Å². The standard InChI is InChI=1S/C14H18N2O4/c1-2-20-13(17)11-3-5-12(6-4-11)15-7-9-16(10-8-15)14(18)19/h3-6H,2,7-10H2,1H3,(H,18,19). The first kappa shape index (κ1) is 14.2. The monoisotopic (exact) mass is 278 g/mol. The molecule has 1 aliphatic heterocycles. The molecule has 0 bridgehead atoms. The fraction of sp³-hybridized carbons (Fsp3) is 0.429. The van der Waals surface area contributed by atoms with Crippen LogP contribution in [0.25, 0.3) is 0 Å². The molecule has 1 saturated heterocycles. The van der Waals surface area contributed by atoms with Crippen LogP contribution in [0.4, 0.5) is 10.5 Å². The number of rotatable bonds is 3. The second-order valence-corrected chi connectivity index (χ2v) is 4.52. The molecule has 0 spiro atoms. The number of nitrogens with zero attached hydrogens (tertiary/aromatic N) is 2. The Balaban J connectivity index is 1.97. The van der Waals surface area contributed by atoms with E-state index in [-0.39, 0.29) is 5.97 Å². The maximum atomic E-state index is 11.5. The van der Waals surface area contributed by atoms with Gasteiger partial charge in [-0.15, -0.1) is 0 Å². The van der Waals surface area contributed by atoms with Gasteiger partial charge in [0, 0.05) is 31.9 Å². The Morgan fingerprint density at radius 3 is 2.25 bits per heavy atom. The van der Waals surface area contributed by atoms with Gasteiger partial charge in [-0.3, -0.25) is 0 Å². The number of esters is 1. The first-order chi connectivity index (χ1) is 9.61. The average molecular weight is 278 g/mol. The molecule has 1 fully saturated rings. The van der Waals surface area contributed by atoms with E-state index in [2.05, 4.69) is 4.90 Å². The highest BCUT2D eigenvalue weighted by atomic mass is 16.5. The Labute approximate surface area is 117 Å². The number of carboxylic acid groups (broad SMARTS) is 1. The van der Waals surface area contributed by atoms with E-state index in [0.29, 0.717) is 38.3 Å². The molecular weight excluding hydrogens is 260 g/mol. The highest BCUT2D eigenvalue weighted by molar-refractivity contribution is 5.89. The number of carbonyl (C=O) groups excluding carboxylic acids is 1. The van der Waals surface area contributed by atoms with Gasteiger partial charge in [-0.25, -0.2) is 9.59 Å². The molecule has 1 aromatic carbocycles. The second kappa shape index (κ2) is 6.27. The number of amides is 1. The predicted molar refractivity (Wildman–Crippen MR) is 74.2 cm³/mol. The Hall–Kier alpha value is -2.24. The summed E-state index contributed by atoms with van der Waals surface area (Å²) in [6, 6.07) is 7.19. The maximum absolute atomic E-state index is 11.5. The number of carbonyl (C=O) groups is 2. The molecule has 1 amide bonds. The Morgan fingerprint density at radius 1 is 1.15 bits per heavy atom. The largest absolute Gasteiger partial charge is 0.465 e. The molecule has 20 heavy (non-hydrogen) atoms. The minimum atomic E-state index is -0.873. The van der Waals surface area contributed by atoms with E-state index in [0.717, 1.165) is 5.69 Å². The van der Waals surface area contributed by atoms with E-state index < -0.39 is 6.09 Å². The van der Waals surface area contributed by atoms with Gasteiger partial charge in [0.2, 0.25) is 0 Å². The van der Waals surface area contributed by atoms with Gasteiger partial charge >= 0.3 is 12.1 Å². The quantitative estimate of drug-likeness (QED) is 0.852. The Bertz CT molecular complexity index is 478. The van der Waals surface area contributed by atoms with Crippen LogP contribution in [0.15, 0.2) is 24.3 Å². The first-order valence-corrected chi connectivity index (χ1v) is 6.62. The summed E-state index contributed by atoms with van der Waals surface area (Å²) in [6.07, 6.45) is -0.873. The van der Waals surface area contributed by atoms with Crippen LogP contribution in [0, 0.1) is 0 Å². The molecular formula is C14H18N2O4. The SMILES string of the molecule is CCOC(=O)c1ccc(N2CCN(C(=O)O)CC2)cc1. The van der Waals surface area contributed by atoms with Crippen LogP contribution >= 0.6 is 0 Å². The van der Waals surface area contributed by atoms with Crippen LogP contribution in [0.5, 0.6) is 0 Å². The van der Waals surface area contributed by atoms with Crippen molar-refractivity contribution < 1.29 is 19.4 Å². The normalized spacial score (nSPS) is 15.1. The van der Waals surface area contributed by atoms with E-state index in [1.54, 1.807) is 19.1 Å². The molecule has 6 heteroatoms. The smallest absolute Gasteiger partial charge is 0.407 e. The lowest BCUT2D eigenvalue weighted by Gasteiger charge is -2.34. The van der Waals surface area contributed by atoms with Gasteiger partial charge in [-0.05, 0) is 31.2 Å². The van der Waals surface area contributed by atoms with E-state index in [1.165, 1.54) is 4.90 Å². The highest BCUT2D eigenvalue weighted by Crippen LogP contribution is 2.17. The van der Waals surface area contributed by atoms with E-state index in [4.69, 9.17) is 9.84 Å². The molecule has 1 aromatic rings. The lowest BCUT2D eigenvalue weighted by Crippen LogP contribution is -2.48. The molecule has 0 aromatic heterocycles. The molecule has 2 rings (SSSR count). The molecule has 108 valence electrons. The zero-order valence-electron chi connectivity index (χ0n) is 11.4. The van der Waals surface area contributed by atoms with Gasteiger partial charge in [0.15, 0.2) is 0 Å². The molecule has 0 saturated carbocycles. The van der Waals surface area contributed by atoms with Crippen molar-refractivity contribution in [3.05, 3.63) is 29.8 Å². The average Bonchev–Trinajstić information content (AvgIpc) is 2.48. The summed E-state index contributed by atoms with van der Waals surface area (Å²) in [6.45, 7) is 4.44. The maximum Gasteiger partial charge on any atom is 0.407 e. The summed E-state index contributed by atoms with van der Waals surface area (Å²) in [5, 5.41) is 8.90. The minimum absolute atomic E-state index is 0.324. The van der Waals surface area contributed by atoms with E-state index in [9.17, 15) is 9.59 Å². The van der Waals surface area contributed by atoms with Crippen LogP contribution in [0.3, 0.4) is 0 Å². The Morgan fingerprint density at radius 2 is 1.75 bits per heavy atom. The van der Waals surface area contributed by atoms with Gasteiger partial charge in [-0.1, -0.05) is 0 Å². The second-order valence-electron chi connectivity index (χ2n) is 4.52. The lowest BCUT2D eigenvalue weighted by molar-refractivity contribution is 0.0526. The van der Waals surface area contributed by atoms with Crippen molar-refractivity contribution in [1.82, 2.24) is 4.90 Å². The van der Waals surface area contributed by atoms with Crippen molar-refractivity contribution in [2.45, 2.75) is 6.92 Å². The van der Waals surface area contributed by atoms with Gasteiger partial charge in [0.25, 0.3) is 0 Å². The van der Waals surface area contributed by atoms with Crippen molar-refractivity contribution in [3.63, 3.8) is 0 Å². The number of hydrogen-bond donors (Lipinski definition) is 1. The molecule has 0 atom stereocenters. The van der Waals surface area contributed by atoms with Crippen molar-refractivity contribution >= 4 is 17.7 Å². The molecule has 6 nitrogen and oxygen atoms in total. The van der Waals surface area contributed by atoms with Gasteiger partial charge in [0.1, 0.15) is 0 Å². The number of piperazine rings is 1. The molecule has 0 unspecified atom stereocenters. The van der Waals surface area contributed by atoms with Gasteiger partial charge in [-0.2, -0.15) is 0 Å². The van der Waals surface area contributed by atoms with Crippen LogP contribution in [0.2, 0.25) is 0 Å². The van der Waals surface area contributed by atoms with Crippen molar-refractivity contribution in [2.75, 3.05) is 37.7 Å². The first-order valence-electron chi connectivity index (χ1n) is 6.62. The van der Waals surface area contributed by atoms with Crippen LogP contribution < -0.4 is 4.90 Å². The van der Waals surface area contributed by atoms with Crippen LogP contribution in [-0.4, -0.2) is 54.9 Å². The number of ether oxygens (including phenoxy) is 1. The lowest BCUT2D eigenvalue weighted by atomic mass is 10.2. The molecule has 1 aliphatic rings. The summed E-state index contributed by atoms with van der Waals surface area (Å²) in [4.78, 5) is 25.9. The molecule has 0 aliphatic carbocycles. The molecule has 0 radical (unpaired) electrons. The zero-order chi connectivity index (χ0) is 14.5. The summed E-state index contributed by atoms with van der Waals surface area (Å²) in [5.41, 5.74) is 1.52. The molecule has 1 N–H and O–H groups in total. The summed E-state index contributed by atoms with van der Waals surface area (Å²) in [5.74, 6) is -0.324. The highest BCUT2D eigenvalue weighted by Gasteiger charge is 2.20.